The number of benzene rings is 1. The molecule has 0 radical (unpaired) electrons. The molecule has 6 heteroatoms. The second-order valence-corrected chi connectivity index (χ2v) is 7.27. The third-order valence-corrected chi connectivity index (χ3v) is 4.67. The van der Waals surface area contributed by atoms with E-state index in [9.17, 15) is 9.90 Å². The van der Waals surface area contributed by atoms with Crippen molar-refractivity contribution in [2.45, 2.75) is 39.5 Å². The summed E-state index contributed by atoms with van der Waals surface area (Å²) < 4.78 is 5.84. The average Bonchev–Trinajstić information content (AvgIpc) is 3.31. The lowest BCUT2D eigenvalue weighted by molar-refractivity contribution is 0.0687. The van der Waals surface area contributed by atoms with Gasteiger partial charge in [-0.25, -0.2) is 9.78 Å². The van der Waals surface area contributed by atoms with E-state index in [0.29, 0.717) is 29.6 Å². The molecule has 0 atom stereocenters. The van der Waals surface area contributed by atoms with Crippen molar-refractivity contribution in [1.29, 1.82) is 0 Å². The summed E-state index contributed by atoms with van der Waals surface area (Å²) in [5.41, 5.74) is 1.49. The van der Waals surface area contributed by atoms with Crippen molar-refractivity contribution in [2.75, 3.05) is 6.61 Å². The quantitative estimate of drug-likeness (QED) is 0.779. The second kappa shape index (κ2) is 7.00. The summed E-state index contributed by atoms with van der Waals surface area (Å²) in [6.45, 7) is 4.58. The Morgan fingerprint density at radius 1 is 1.28 bits per heavy atom. The highest BCUT2D eigenvalue weighted by Crippen LogP contribution is 2.45. The Morgan fingerprint density at radius 2 is 1.96 bits per heavy atom. The zero-order chi connectivity index (χ0) is 18.0. The number of aromatic nitrogens is 2. The molecular formula is C19H21ClN2O3. The first-order valence-electron chi connectivity index (χ1n) is 8.45. The topological polar surface area (TPSA) is 72.3 Å². The summed E-state index contributed by atoms with van der Waals surface area (Å²) in [6.07, 6.45) is 3.52. The van der Waals surface area contributed by atoms with Crippen LogP contribution in [0.2, 0.25) is 5.02 Å². The Balaban J connectivity index is 2.04. The molecule has 0 aliphatic heterocycles. The van der Waals surface area contributed by atoms with E-state index in [-0.39, 0.29) is 16.9 Å². The smallest absolute Gasteiger partial charge is 0.343 e. The van der Waals surface area contributed by atoms with Gasteiger partial charge < -0.3 is 9.84 Å². The van der Waals surface area contributed by atoms with Crippen LogP contribution in [0.4, 0.5) is 0 Å². The van der Waals surface area contributed by atoms with Gasteiger partial charge in [0.25, 0.3) is 0 Å². The minimum Gasteiger partial charge on any atom is -0.477 e. The van der Waals surface area contributed by atoms with Crippen molar-refractivity contribution < 1.29 is 14.6 Å². The van der Waals surface area contributed by atoms with Gasteiger partial charge in [-0.15, -0.1) is 0 Å². The number of ether oxygens (including phenoxy) is 1. The van der Waals surface area contributed by atoms with Gasteiger partial charge in [-0.2, -0.15) is 4.98 Å². The third-order valence-electron chi connectivity index (χ3n) is 4.41. The minimum absolute atomic E-state index is 0.0730. The number of carboxylic acid groups (broad SMARTS) is 1. The predicted molar refractivity (Wildman–Crippen MR) is 96.3 cm³/mol. The fraction of sp³-hybridized carbons (Fsp3) is 0.421. The van der Waals surface area contributed by atoms with Crippen LogP contribution in [0.3, 0.4) is 0 Å². The average molecular weight is 361 g/mol. The molecule has 2 aromatic rings. The van der Waals surface area contributed by atoms with Gasteiger partial charge in [-0.3, -0.25) is 0 Å². The normalized spacial score (nSPS) is 15.0. The molecule has 5 nitrogen and oxygen atoms in total. The van der Waals surface area contributed by atoms with E-state index in [1.54, 1.807) is 12.1 Å². The van der Waals surface area contributed by atoms with Gasteiger partial charge in [-0.1, -0.05) is 31.9 Å². The SMILES string of the molecule is CCCc1nc(-c2ccc(Cl)cc2)nc(OCC2(C)CC2)c1C(=O)O. The number of hydrogen-bond donors (Lipinski definition) is 1. The van der Waals surface area contributed by atoms with Crippen LogP contribution in [-0.4, -0.2) is 27.7 Å². The zero-order valence-corrected chi connectivity index (χ0v) is 15.1. The lowest BCUT2D eigenvalue weighted by Gasteiger charge is -2.15. The van der Waals surface area contributed by atoms with Gasteiger partial charge in [-0.05, 0) is 43.5 Å². The maximum Gasteiger partial charge on any atom is 0.343 e. The Bertz CT molecular complexity index is 786. The highest BCUT2D eigenvalue weighted by atomic mass is 35.5. The van der Waals surface area contributed by atoms with Crippen LogP contribution in [0.5, 0.6) is 5.88 Å². The van der Waals surface area contributed by atoms with Crippen molar-refractivity contribution in [3.05, 3.63) is 40.5 Å². The second-order valence-electron chi connectivity index (χ2n) is 6.84. The van der Waals surface area contributed by atoms with E-state index < -0.39 is 5.97 Å². The van der Waals surface area contributed by atoms with E-state index in [4.69, 9.17) is 16.3 Å². The summed E-state index contributed by atoms with van der Waals surface area (Å²) in [4.78, 5) is 20.7. The van der Waals surface area contributed by atoms with Crippen molar-refractivity contribution in [3.8, 4) is 17.3 Å². The van der Waals surface area contributed by atoms with Crippen LogP contribution >= 0.6 is 11.6 Å². The van der Waals surface area contributed by atoms with Crippen molar-refractivity contribution >= 4 is 17.6 Å². The Morgan fingerprint density at radius 3 is 2.52 bits per heavy atom. The molecule has 0 spiro atoms. The molecule has 1 aliphatic carbocycles. The van der Waals surface area contributed by atoms with Gasteiger partial charge in [0.15, 0.2) is 5.82 Å². The number of aromatic carboxylic acids is 1. The van der Waals surface area contributed by atoms with Crippen LogP contribution in [0.15, 0.2) is 24.3 Å². The highest BCUT2D eigenvalue weighted by Gasteiger charge is 2.38. The number of halogens is 1. The fourth-order valence-electron chi connectivity index (χ4n) is 2.55. The third kappa shape index (κ3) is 4.10. The lowest BCUT2D eigenvalue weighted by atomic mass is 10.1. The maximum absolute atomic E-state index is 11.8. The number of rotatable bonds is 7. The van der Waals surface area contributed by atoms with E-state index in [1.165, 1.54) is 0 Å². The number of hydrogen-bond acceptors (Lipinski definition) is 4. The summed E-state index contributed by atoms with van der Waals surface area (Å²) in [5.74, 6) is -0.438. The molecule has 3 rings (SSSR count). The lowest BCUT2D eigenvalue weighted by Crippen LogP contribution is -2.16. The monoisotopic (exact) mass is 360 g/mol. The number of carboxylic acids is 1. The zero-order valence-electron chi connectivity index (χ0n) is 14.4. The van der Waals surface area contributed by atoms with Gasteiger partial charge in [0.05, 0.1) is 12.3 Å². The van der Waals surface area contributed by atoms with E-state index >= 15 is 0 Å². The molecular weight excluding hydrogens is 340 g/mol. The largest absolute Gasteiger partial charge is 0.477 e. The minimum atomic E-state index is -1.05. The summed E-state index contributed by atoms with van der Waals surface area (Å²) in [7, 11) is 0. The molecule has 0 saturated heterocycles. The molecule has 132 valence electrons. The molecule has 25 heavy (non-hydrogen) atoms. The Kier molecular flexibility index (Phi) is 4.95. The van der Waals surface area contributed by atoms with E-state index in [2.05, 4.69) is 16.9 Å². The number of nitrogens with zero attached hydrogens (tertiary/aromatic N) is 2. The molecule has 1 aromatic heterocycles. The van der Waals surface area contributed by atoms with Gasteiger partial charge in [0, 0.05) is 16.0 Å². The van der Waals surface area contributed by atoms with E-state index in [1.807, 2.05) is 19.1 Å². The molecule has 1 fully saturated rings. The molecule has 1 aromatic carbocycles. The van der Waals surface area contributed by atoms with Gasteiger partial charge in [0.2, 0.25) is 5.88 Å². The molecule has 1 aliphatic rings. The first-order chi connectivity index (χ1) is 11.9. The molecule has 1 saturated carbocycles. The first-order valence-corrected chi connectivity index (χ1v) is 8.82. The van der Waals surface area contributed by atoms with Gasteiger partial charge >= 0.3 is 5.97 Å². The first kappa shape index (κ1) is 17.7. The maximum atomic E-state index is 11.8. The number of carbonyl (C=O) groups is 1. The van der Waals surface area contributed by atoms with Crippen LogP contribution in [0.1, 0.15) is 49.2 Å². The van der Waals surface area contributed by atoms with Crippen molar-refractivity contribution in [3.63, 3.8) is 0 Å². The van der Waals surface area contributed by atoms with Crippen LogP contribution in [0.25, 0.3) is 11.4 Å². The Hall–Kier alpha value is -2.14. The predicted octanol–water partition coefficient (Wildman–Crippen LogP) is 4.63. The van der Waals surface area contributed by atoms with E-state index in [0.717, 1.165) is 24.8 Å². The van der Waals surface area contributed by atoms with Crippen molar-refractivity contribution in [2.24, 2.45) is 5.41 Å². The Labute approximate surface area is 152 Å². The summed E-state index contributed by atoms with van der Waals surface area (Å²) in [6, 6.07) is 7.16. The van der Waals surface area contributed by atoms with Crippen LogP contribution < -0.4 is 4.74 Å². The summed E-state index contributed by atoms with van der Waals surface area (Å²) in [5, 5.41) is 10.3. The molecule has 1 N–H and O–H groups in total. The molecule has 0 amide bonds. The summed E-state index contributed by atoms with van der Waals surface area (Å²) >= 11 is 5.94. The van der Waals surface area contributed by atoms with Crippen LogP contribution in [0, 0.1) is 5.41 Å². The fourth-order valence-corrected chi connectivity index (χ4v) is 2.68. The molecule has 1 heterocycles. The van der Waals surface area contributed by atoms with Gasteiger partial charge in [0.1, 0.15) is 5.56 Å². The standard InChI is InChI=1S/C19H21ClN2O3/c1-3-4-14-15(18(23)24)17(25-11-19(2)9-10-19)22-16(21-14)12-5-7-13(20)8-6-12/h5-8H,3-4,9-11H2,1-2H3,(H,23,24). The van der Waals surface area contributed by atoms with Crippen molar-refractivity contribution in [1.82, 2.24) is 9.97 Å². The van der Waals surface area contributed by atoms with Crippen LogP contribution in [-0.2, 0) is 6.42 Å². The number of aryl methyl sites for hydroxylation is 1. The molecule has 0 bridgehead atoms. The molecule has 0 unspecified atom stereocenters. The highest BCUT2D eigenvalue weighted by molar-refractivity contribution is 6.30.